The van der Waals surface area contributed by atoms with Crippen LogP contribution in [0.25, 0.3) is 28.2 Å². The summed E-state index contributed by atoms with van der Waals surface area (Å²) in [6.45, 7) is 0. The molecular formula is C16H12N8. The maximum Gasteiger partial charge on any atom is 0.116 e. The largest absolute Gasteiger partial charge is 0.398 e. The highest BCUT2D eigenvalue weighted by Gasteiger charge is 2.12. The van der Waals surface area contributed by atoms with E-state index < -0.39 is 0 Å². The van der Waals surface area contributed by atoms with E-state index in [0.29, 0.717) is 22.6 Å². The Labute approximate surface area is 136 Å². The summed E-state index contributed by atoms with van der Waals surface area (Å²) in [5.41, 5.74) is 11.0. The van der Waals surface area contributed by atoms with Gasteiger partial charge in [0, 0.05) is 24.5 Å². The zero-order valence-corrected chi connectivity index (χ0v) is 12.7. The molecule has 4 aromatic heterocycles. The van der Waals surface area contributed by atoms with Crippen molar-refractivity contribution in [3.8, 4) is 28.7 Å². The molecule has 8 heteroatoms. The van der Waals surface area contributed by atoms with Crippen molar-refractivity contribution in [3.05, 3.63) is 48.4 Å². The van der Waals surface area contributed by atoms with Crippen molar-refractivity contribution in [2.45, 2.75) is 0 Å². The minimum absolute atomic E-state index is 0.512. The molecule has 0 fully saturated rings. The highest BCUT2D eigenvalue weighted by atomic mass is 15.4. The number of hydrogen-bond acceptors (Lipinski definition) is 6. The molecule has 0 saturated carbocycles. The number of hydrogen-bond donors (Lipinski definition) is 1. The van der Waals surface area contributed by atoms with Crippen molar-refractivity contribution in [2.75, 3.05) is 5.73 Å². The highest BCUT2D eigenvalue weighted by molar-refractivity contribution is 5.77. The molecule has 0 radical (unpaired) electrons. The molecule has 0 bridgehead atoms. The SMILES string of the molecule is Cn1cc(-c2cnc(-c3ccc4cc(C#N)cnn34)cc2N)nn1. The van der Waals surface area contributed by atoms with Gasteiger partial charge in [0.05, 0.1) is 34.9 Å². The number of nitrogen functional groups attached to an aromatic ring is 1. The summed E-state index contributed by atoms with van der Waals surface area (Å²) in [5.74, 6) is 0. The summed E-state index contributed by atoms with van der Waals surface area (Å²) in [4.78, 5) is 4.48. The molecule has 0 saturated heterocycles. The Hall–Kier alpha value is -3.73. The van der Waals surface area contributed by atoms with Crippen LogP contribution in [0.5, 0.6) is 0 Å². The molecule has 24 heavy (non-hydrogen) atoms. The average Bonchev–Trinajstić information content (AvgIpc) is 3.20. The summed E-state index contributed by atoms with van der Waals surface area (Å²) >= 11 is 0. The van der Waals surface area contributed by atoms with Crippen LogP contribution in [0.1, 0.15) is 5.56 Å². The van der Waals surface area contributed by atoms with Gasteiger partial charge in [0.15, 0.2) is 0 Å². The predicted octanol–water partition coefficient (Wildman–Crippen LogP) is 1.65. The van der Waals surface area contributed by atoms with E-state index in [1.54, 1.807) is 40.8 Å². The number of aromatic nitrogens is 6. The second-order valence-corrected chi connectivity index (χ2v) is 5.35. The lowest BCUT2D eigenvalue weighted by Gasteiger charge is -2.06. The smallest absolute Gasteiger partial charge is 0.116 e. The molecule has 4 heterocycles. The third-order valence-corrected chi connectivity index (χ3v) is 3.71. The maximum atomic E-state index is 8.96. The van der Waals surface area contributed by atoms with Gasteiger partial charge in [-0.15, -0.1) is 5.10 Å². The number of anilines is 1. The monoisotopic (exact) mass is 316 g/mol. The van der Waals surface area contributed by atoms with Gasteiger partial charge in [0.25, 0.3) is 0 Å². The predicted molar refractivity (Wildman–Crippen MR) is 87.5 cm³/mol. The number of pyridine rings is 1. The van der Waals surface area contributed by atoms with E-state index in [1.807, 2.05) is 12.1 Å². The topological polar surface area (TPSA) is 111 Å². The first-order chi connectivity index (χ1) is 11.7. The molecular weight excluding hydrogens is 304 g/mol. The van der Waals surface area contributed by atoms with Gasteiger partial charge in [-0.3, -0.25) is 9.67 Å². The van der Waals surface area contributed by atoms with Crippen LogP contribution in [0.15, 0.2) is 42.9 Å². The molecule has 4 rings (SSSR count). The molecule has 0 aliphatic carbocycles. The van der Waals surface area contributed by atoms with Gasteiger partial charge in [0.1, 0.15) is 11.8 Å². The Morgan fingerprint density at radius 3 is 2.75 bits per heavy atom. The molecule has 2 N–H and O–H groups in total. The zero-order valence-electron chi connectivity index (χ0n) is 12.7. The molecule has 4 aromatic rings. The van der Waals surface area contributed by atoms with Crippen LogP contribution < -0.4 is 5.73 Å². The first-order valence-electron chi connectivity index (χ1n) is 7.16. The van der Waals surface area contributed by atoms with Gasteiger partial charge in [-0.05, 0) is 24.3 Å². The summed E-state index contributed by atoms with van der Waals surface area (Å²) in [6.07, 6.45) is 4.98. The van der Waals surface area contributed by atoms with Crippen molar-refractivity contribution in [3.63, 3.8) is 0 Å². The summed E-state index contributed by atoms with van der Waals surface area (Å²) < 4.78 is 3.34. The maximum absolute atomic E-state index is 8.96. The molecule has 8 nitrogen and oxygen atoms in total. The first kappa shape index (κ1) is 13.9. The molecule has 0 spiro atoms. The normalized spacial score (nSPS) is 10.8. The van der Waals surface area contributed by atoms with Crippen molar-refractivity contribution < 1.29 is 0 Å². The van der Waals surface area contributed by atoms with Gasteiger partial charge >= 0.3 is 0 Å². The molecule has 116 valence electrons. The van der Waals surface area contributed by atoms with Crippen LogP contribution in [0.4, 0.5) is 5.69 Å². The number of nitrogens with zero attached hydrogens (tertiary/aromatic N) is 7. The highest BCUT2D eigenvalue weighted by Crippen LogP contribution is 2.28. The second kappa shape index (κ2) is 5.17. The van der Waals surface area contributed by atoms with Crippen LogP contribution in [0.3, 0.4) is 0 Å². The number of nitriles is 1. The van der Waals surface area contributed by atoms with Gasteiger partial charge in [-0.2, -0.15) is 10.4 Å². The van der Waals surface area contributed by atoms with E-state index >= 15 is 0 Å². The third kappa shape index (κ3) is 2.16. The molecule has 0 amide bonds. The van der Waals surface area contributed by atoms with E-state index in [0.717, 1.165) is 16.8 Å². The zero-order chi connectivity index (χ0) is 16.7. The lowest BCUT2D eigenvalue weighted by atomic mass is 10.1. The summed E-state index contributed by atoms with van der Waals surface area (Å²) in [5, 5.41) is 21.2. The minimum Gasteiger partial charge on any atom is -0.398 e. The van der Waals surface area contributed by atoms with Crippen LogP contribution in [0.2, 0.25) is 0 Å². The van der Waals surface area contributed by atoms with E-state index in [9.17, 15) is 0 Å². The van der Waals surface area contributed by atoms with Crippen LogP contribution >= 0.6 is 0 Å². The number of rotatable bonds is 2. The first-order valence-corrected chi connectivity index (χ1v) is 7.16. The summed E-state index contributed by atoms with van der Waals surface area (Å²) in [7, 11) is 1.79. The fraction of sp³-hybridized carbons (Fsp3) is 0.0625. The van der Waals surface area contributed by atoms with Crippen molar-refractivity contribution in [1.29, 1.82) is 5.26 Å². The number of nitrogens with two attached hydrogens (primary N) is 1. The van der Waals surface area contributed by atoms with E-state index in [2.05, 4.69) is 26.5 Å². The molecule has 0 atom stereocenters. The average molecular weight is 316 g/mol. The van der Waals surface area contributed by atoms with Crippen molar-refractivity contribution in [2.24, 2.45) is 7.05 Å². The van der Waals surface area contributed by atoms with Crippen LogP contribution in [0, 0.1) is 11.3 Å². The van der Waals surface area contributed by atoms with Crippen LogP contribution in [-0.2, 0) is 7.05 Å². The molecule has 0 aliphatic rings. The molecule has 0 unspecified atom stereocenters. The van der Waals surface area contributed by atoms with Crippen molar-refractivity contribution >= 4 is 11.2 Å². The van der Waals surface area contributed by atoms with Gasteiger partial charge < -0.3 is 5.73 Å². The number of fused-ring (bicyclic) bond motifs is 1. The minimum atomic E-state index is 0.512. The lowest BCUT2D eigenvalue weighted by molar-refractivity contribution is 0.715. The number of aryl methyl sites for hydroxylation is 1. The fourth-order valence-electron chi connectivity index (χ4n) is 2.55. The summed E-state index contributed by atoms with van der Waals surface area (Å²) in [6, 6.07) is 9.42. The molecule has 0 aliphatic heterocycles. The second-order valence-electron chi connectivity index (χ2n) is 5.35. The van der Waals surface area contributed by atoms with Gasteiger partial charge in [-0.1, -0.05) is 5.21 Å². The Balaban J connectivity index is 1.80. The Morgan fingerprint density at radius 2 is 2.04 bits per heavy atom. The standard InChI is InChI=1S/C16H12N8/c1-23-9-15(21-22-23)12-8-19-14(5-13(12)18)16-3-2-11-4-10(6-17)7-20-24(11)16/h2-5,7-9H,1H3,(H2,18,19). The Kier molecular flexibility index (Phi) is 2.99. The van der Waals surface area contributed by atoms with Gasteiger partial charge in [0.2, 0.25) is 0 Å². The Bertz CT molecular complexity index is 1100. The molecule has 0 aromatic carbocycles. The van der Waals surface area contributed by atoms with E-state index in [-0.39, 0.29) is 0 Å². The van der Waals surface area contributed by atoms with Crippen molar-refractivity contribution in [1.82, 2.24) is 29.6 Å². The van der Waals surface area contributed by atoms with Crippen LogP contribution in [-0.4, -0.2) is 29.6 Å². The van der Waals surface area contributed by atoms with E-state index in [4.69, 9.17) is 11.0 Å². The third-order valence-electron chi connectivity index (χ3n) is 3.71. The lowest BCUT2D eigenvalue weighted by Crippen LogP contribution is -1.98. The Morgan fingerprint density at radius 1 is 1.17 bits per heavy atom. The van der Waals surface area contributed by atoms with Gasteiger partial charge in [-0.25, -0.2) is 4.52 Å². The van der Waals surface area contributed by atoms with E-state index in [1.165, 1.54) is 6.20 Å². The quantitative estimate of drug-likeness (QED) is 0.602. The fourth-order valence-corrected chi connectivity index (χ4v) is 2.55.